The first kappa shape index (κ1) is 24.6. The molecule has 182 valence electrons. The van der Waals surface area contributed by atoms with Gasteiger partial charge in [0, 0.05) is 16.1 Å². The summed E-state index contributed by atoms with van der Waals surface area (Å²) in [5.41, 5.74) is 3.37. The van der Waals surface area contributed by atoms with Crippen LogP contribution in [0.4, 0.5) is 17.1 Å². The third-order valence-electron chi connectivity index (χ3n) is 5.32. The Morgan fingerprint density at radius 3 is 2.50 bits per heavy atom. The van der Waals surface area contributed by atoms with E-state index in [-0.39, 0.29) is 11.4 Å². The van der Waals surface area contributed by atoms with Crippen molar-refractivity contribution in [2.45, 2.75) is 6.61 Å². The molecule has 0 fully saturated rings. The minimum atomic E-state index is -0.716. The summed E-state index contributed by atoms with van der Waals surface area (Å²) in [6.07, 6.45) is 1.44. The second-order valence-corrected chi connectivity index (χ2v) is 8.39. The molecule has 0 bridgehead atoms. The highest BCUT2D eigenvalue weighted by atomic mass is 79.9. The number of nitrogens with one attached hydrogen (secondary N) is 1. The van der Waals surface area contributed by atoms with Crippen molar-refractivity contribution in [2.75, 3.05) is 12.5 Å². The predicted octanol–water partition coefficient (Wildman–Crippen LogP) is 6.45. The largest absolute Gasteiger partial charge is 0.493 e. The highest BCUT2D eigenvalue weighted by Crippen LogP contribution is 2.34. The van der Waals surface area contributed by atoms with Crippen molar-refractivity contribution in [2.24, 2.45) is 5.10 Å². The van der Waals surface area contributed by atoms with Gasteiger partial charge < -0.3 is 9.47 Å². The molecule has 0 unspecified atom stereocenters. The van der Waals surface area contributed by atoms with Gasteiger partial charge in [0.15, 0.2) is 11.5 Å². The number of hydrogen-bond acceptors (Lipinski definition) is 8. The summed E-state index contributed by atoms with van der Waals surface area (Å²) < 4.78 is 12.2. The van der Waals surface area contributed by atoms with Crippen molar-refractivity contribution in [3.05, 3.63) is 109 Å². The number of nitrogens with zero attached hydrogens (tertiary/aromatic N) is 3. The highest BCUT2D eigenvalue weighted by molar-refractivity contribution is 9.10. The van der Waals surface area contributed by atoms with E-state index < -0.39 is 15.5 Å². The molecule has 0 aliphatic heterocycles. The summed E-state index contributed by atoms with van der Waals surface area (Å²) in [6.45, 7) is 0.336. The summed E-state index contributed by atoms with van der Waals surface area (Å²) in [5, 5.41) is 28.5. The van der Waals surface area contributed by atoms with Gasteiger partial charge in [-0.05, 0) is 50.5 Å². The van der Waals surface area contributed by atoms with Crippen molar-refractivity contribution in [1.29, 1.82) is 0 Å². The SMILES string of the molecule is COc1cc(/C=N/Nc2ccc([N+](=O)[O-])cc2[N+](=O)[O-])c(Br)cc1OCc1cccc2ccccc12. The predicted molar refractivity (Wildman–Crippen MR) is 140 cm³/mol. The molecule has 0 aliphatic rings. The molecule has 36 heavy (non-hydrogen) atoms. The van der Waals surface area contributed by atoms with Gasteiger partial charge in [0.25, 0.3) is 5.69 Å². The van der Waals surface area contributed by atoms with E-state index in [0.717, 1.165) is 28.5 Å². The van der Waals surface area contributed by atoms with Crippen molar-refractivity contribution in [1.82, 2.24) is 0 Å². The van der Waals surface area contributed by atoms with Gasteiger partial charge >= 0.3 is 5.69 Å². The zero-order valence-electron chi connectivity index (χ0n) is 18.9. The fourth-order valence-electron chi connectivity index (χ4n) is 3.55. The topological polar surface area (TPSA) is 129 Å². The van der Waals surface area contributed by atoms with Gasteiger partial charge in [-0.1, -0.05) is 42.5 Å². The van der Waals surface area contributed by atoms with Crippen molar-refractivity contribution < 1.29 is 19.3 Å². The fraction of sp³-hybridized carbons (Fsp3) is 0.0800. The quantitative estimate of drug-likeness (QED) is 0.144. The van der Waals surface area contributed by atoms with E-state index in [4.69, 9.17) is 9.47 Å². The first-order chi connectivity index (χ1) is 17.4. The first-order valence-corrected chi connectivity index (χ1v) is 11.4. The van der Waals surface area contributed by atoms with Gasteiger partial charge in [0.05, 0.1) is 29.2 Å². The van der Waals surface area contributed by atoms with Gasteiger partial charge in [0.2, 0.25) is 0 Å². The molecule has 0 saturated heterocycles. The molecule has 1 N–H and O–H groups in total. The zero-order chi connectivity index (χ0) is 25.7. The second kappa shape index (κ2) is 10.8. The maximum atomic E-state index is 11.3. The maximum Gasteiger partial charge on any atom is 0.301 e. The summed E-state index contributed by atoms with van der Waals surface area (Å²) in [5.74, 6) is 0.995. The van der Waals surface area contributed by atoms with E-state index in [1.54, 1.807) is 12.1 Å². The lowest BCUT2D eigenvalue weighted by Gasteiger charge is -2.14. The van der Waals surface area contributed by atoms with Crippen LogP contribution in [0.15, 0.2) is 82.4 Å². The Morgan fingerprint density at radius 1 is 0.972 bits per heavy atom. The molecular weight excluding hydrogens is 532 g/mol. The molecular formula is C25H19BrN4O6. The van der Waals surface area contributed by atoms with Crippen LogP contribution < -0.4 is 14.9 Å². The summed E-state index contributed by atoms with van der Waals surface area (Å²) in [6, 6.07) is 20.8. The average molecular weight is 551 g/mol. The molecule has 0 aliphatic carbocycles. The number of rotatable bonds is 9. The molecule has 4 aromatic carbocycles. The summed E-state index contributed by atoms with van der Waals surface area (Å²) in [7, 11) is 1.52. The molecule has 10 nitrogen and oxygen atoms in total. The van der Waals surface area contributed by atoms with Crippen molar-refractivity contribution in [3.63, 3.8) is 0 Å². The summed E-state index contributed by atoms with van der Waals surface area (Å²) >= 11 is 3.49. The number of nitro benzene ring substituents is 2. The van der Waals surface area contributed by atoms with Crippen LogP contribution >= 0.6 is 15.9 Å². The Morgan fingerprint density at radius 2 is 1.75 bits per heavy atom. The third kappa shape index (κ3) is 5.41. The van der Waals surface area contributed by atoms with Crippen molar-refractivity contribution in [3.8, 4) is 11.5 Å². The molecule has 11 heteroatoms. The lowest BCUT2D eigenvalue weighted by Crippen LogP contribution is -2.01. The Labute approximate surface area is 213 Å². The number of benzene rings is 4. The molecule has 4 aromatic rings. The number of fused-ring (bicyclic) bond motifs is 1. The van der Waals surface area contributed by atoms with Crippen LogP contribution in [0.2, 0.25) is 0 Å². The Kier molecular flexibility index (Phi) is 7.40. The van der Waals surface area contributed by atoms with Crippen LogP contribution in [-0.2, 0) is 6.61 Å². The van der Waals surface area contributed by atoms with E-state index in [9.17, 15) is 20.2 Å². The molecule has 0 saturated carbocycles. The molecule has 0 atom stereocenters. The van der Waals surface area contributed by atoms with Crippen LogP contribution in [0.5, 0.6) is 11.5 Å². The highest BCUT2D eigenvalue weighted by Gasteiger charge is 2.19. The fourth-order valence-corrected chi connectivity index (χ4v) is 3.97. The number of hydrazone groups is 1. The molecule has 0 aromatic heterocycles. The van der Waals surface area contributed by atoms with E-state index in [0.29, 0.717) is 28.1 Å². The van der Waals surface area contributed by atoms with Crippen LogP contribution in [0.1, 0.15) is 11.1 Å². The standard InChI is InChI=1S/C25H19BrN4O6/c1-35-24-11-18(14-27-28-22-10-9-19(29(31)32)12-23(22)30(33)34)21(26)13-25(24)36-15-17-7-4-6-16-5-2-3-8-20(16)17/h2-14,28H,15H2,1H3/b27-14+. The molecule has 0 radical (unpaired) electrons. The Bertz CT molecular complexity index is 1490. The number of methoxy groups -OCH3 is 1. The Hall–Kier alpha value is -4.51. The van der Waals surface area contributed by atoms with Gasteiger partial charge in [-0.2, -0.15) is 5.10 Å². The number of nitro groups is 2. The van der Waals surface area contributed by atoms with E-state index in [1.165, 1.54) is 19.4 Å². The smallest absolute Gasteiger partial charge is 0.301 e. The lowest BCUT2D eigenvalue weighted by atomic mass is 10.1. The van der Waals surface area contributed by atoms with Gasteiger partial charge in [-0.3, -0.25) is 25.7 Å². The molecule has 4 rings (SSSR count). The Balaban J connectivity index is 1.52. The zero-order valence-corrected chi connectivity index (χ0v) is 20.5. The van der Waals surface area contributed by atoms with Crippen molar-refractivity contribution >= 4 is 50.0 Å². The number of ether oxygens (including phenoxy) is 2. The third-order valence-corrected chi connectivity index (χ3v) is 6.01. The second-order valence-electron chi connectivity index (χ2n) is 7.54. The van der Waals surface area contributed by atoms with E-state index in [1.807, 2.05) is 42.5 Å². The minimum Gasteiger partial charge on any atom is -0.493 e. The average Bonchev–Trinajstić information content (AvgIpc) is 2.88. The maximum absolute atomic E-state index is 11.3. The van der Waals surface area contributed by atoms with Crippen LogP contribution in [-0.4, -0.2) is 23.2 Å². The number of hydrogen-bond donors (Lipinski definition) is 1. The van der Waals surface area contributed by atoms with Crippen LogP contribution in [0.3, 0.4) is 0 Å². The van der Waals surface area contributed by atoms with E-state index >= 15 is 0 Å². The lowest BCUT2D eigenvalue weighted by molar-refractivity contribution is -0.393. The minimum absolute atomic E-state index is 0.0139. The van der Waals surface area contributed by atoms with Gasteiger partial charge in [0.1, 0.15) is 12.3 Å². The molecule has 0 amide bonds. The van der Waals surface area contributed by atoms with Crippen LogP contribution in [0.25, 0.3) is 10.8 Å². The van der Waals surface area contributed by atoms with Crippen LogP contribution in [0, 0.1) is 20.2 Å². The number of non-ortho nitro benzene ring substituents is 1. The van der Waals surface area contributed by atoms with E-state index in [2.05, 4.69) is 26.5 Å². The van der Waals surface area contributed by atoms with Gasteiger partial charge in [-0.15, -0.1) is 0 Å². The first-order valence-electron chi connectivity index (χ1n) is 10.6. The number of halogens is 1. The number of anilines is 1. The normalized spacial score (nSPS) is 10.9. The molecule has 0 spiro atoms. The monoisotopic (exact) mass is 550 g/mol. The summed E-state index contributed by atoms with van der Waals surface area (Å²) in [4.78, 5) is 20.8. The molecule has 0 heterocycles. The van der Waals surface area contributed by atoms with Gasteiger partial charge in [-0.25, -0.2) is 0 Å².